The summed E-state index contributed by atoms with van der Waals surface area (Å²) in [5.41, 5.74) is 0. The van der Waals surface area contributed by atoms with Gasteiger partial charge in [-0.2, -0.15) is 11.8 Å². The molecule has 2 heterocycles. The lowest BCUT2D eigenvalue weighted by atomic mass is 9.96. The highest BCUT2D eigenvalue weighted by molar-refractivity contribution is 8.00. The van der Waals surface area contributed by atoms with Crippen LogP contribution in [0.5, 0.6) is 0 Å². The van der Waals surface area contributed by atoms with E-state index in [9.17, 15) is 0 Å². The van der Waals surface area contributed by atoms with Crippen molar-refractivity contribution in [1.29, 1.82) is 0 Å². The Labute approximate surface area is 73.3 Å². The zero-order valence-corrected chi connectivity index (χ0v) is 7.99. The fourth-order valence-corrected chi connectivity index (χ4v) is 3.73. The van der Waals surface area contributed by atoms with Crippen molar-refractivity contribution < 1.29 is 0 Å². The summed E-state index contributed by atoms with van der Waals surface area (Å²) in [6.45, 7) is 2.28. The number of thioether (sulfide) groups is 1. The van der Waals surface area contributed by atoms with Crippen molar-refractivity contribution in [2.45, 2.75) is 49.9 Å². The molecule has 0 aromatic carbocycles. The Morgan fingerprint density at radius 2 is 2.36 bits per heavy atom. The molecule has 2 heteroatoms. The monoisotopic (exact) mass is 171 g/mol. The Bertz CT molecular complexity index is 126. The summed E-state index contributed by atoms with van der Waals surface area (Å²) in [6.07, 6.45) is 5.58. The lowest BCUT2D eigenvalue weighted by Crippen LogP contribution is -2.43. The third-order valence-corrected chi connectivity index (χ3v) is 4.19. The van der Waals surface area contributed by atoms with E-state index in [1.165, 1.54) is 31.4 Å². The summed E-state index contributed by atoms with van der Waals surface area (Å²) in [7, 11) is 0. The second kappa shape index (κ2) is 3.36. The van der Waals surface area contributed by atoms with Gasteiger partial charge in [-0.3, -0.25) is 0 Å². The maximum Gasteiger partial charge on any atom is 0.0171 e. The van der Waals surface area contributed by atoms with Gasteiger partial charge in [0.2, 0.25) is 0 Å². The SMILES string of the molecule is CCCC1CC2CC(CS2)N1. The number of fused-ring (bicyclic) bond motifs is 2. The molecular formula is C9H17NS. The lowest BCUT2D eigenvalue weighted by Gasteiger charge is -2.28. The van der Waals surface area contributed by atoms with Gasteiger partial charge < -0.3 is 5.32 Å². The quantitative estimate of drug-likeness (QED) is 0.682. The van der Waals surface area contributed by atoms with Crippen LogP contribution in [0.2, 0.25) is 0 Å². The van der Waals surface area contributed by atoms with Gasteiger partial charge in [0, 0.05) is 23.1 Å². The lowest BCUT2D eigenvalue weighted by molar-refractivity contribution is 0.344. The molecule has 0 saturated carbocycles. The van der Waals surface area contributed by atoms with E-state index in [4.69, 9.17) is 0 Å². The van der Waals surface area contributed by atoms with E-state index in [1.807, 2.05) is 0 Å². The standard InChI is InChI=1S/C9H17NS/c1-2-3-7-4-9-5-8(10-7)6-11-9/h7-10H,2-6H2,1H3. The van der Waals surface area contributed by atoms with E-state index >= 15 is 0 Å². The van der Waals surface area contributed by atoms with Gasteiger partial charge in [0.1, 0.15) is 0 Å². The number of nitrogens with one attached hydrogen (secondary N) is 1. The van der Waals surface area contributed by atoms with Crippen molar-refractivity contribution in [1.82, 2.24) is 5.32 Å². The molecule has 2 aliphatic rings. The van der Waals surface area contributed by atoms with Crippen molar-refractivity contribution in [2.75, 3.05) is 5.75 Å². The first-order valence-corrected chi connectivity index (χ1v) is 5.81. The highest BCUT2D eigenvalue weighted by Gasteiger charge is 2.33. The second-order valence-corrected chi connectivity index (χ2v) is 5.11. The van der Waals surface area contributed by atoms with Gasteiger partial charge in [-0.1, -0.05) is 13.3 Å². The Morgan fingerprint density at radius 3 is 3.09 bits per heavy atom. The van der Waals surface area contributed by atoms with Crippen molar-refractivity contribution in [2.24, 2.45) is 0 Å². The van der Waals surface area contributed by atoms with Crippen LogP contribution in [-0.4, -0.2) is 23.1 Å². The molecular weight excluding hydrogens is 154 g/mol. The van der Waals surface area contributed by atoms with Gasteiger partial charge in [-0.05, 0) is 19.3 Å². The molecule has 1 N–H and O–H groups in total. The Hall–Kier alpha value is 0.310. The van der Waals surface area contributed by atoms with Crippen LogP contribution in [0.3, 0.4) is 0 Å². The summed E-state index contributed by atoms with van der Waals surface area (Å²) in [5.74, 6) is 1.37. The molecule has 2 rings (SSSR count). The molecule has 1 nitrogen and oxygen atoms in total. The van der Waals surface area contributed by atoms with Gasteiger partial charge in [0.05, 0.1) is 0 Å². The zero-order valence-electron chi connectivity index (χ0n) is 7.18. The first-order valence-electron chi connectivity index (χ1n) is 4.76. The molecule has 0 aromatic heterocycles. The average Bonchev–Trinajstić information content (AvgIpc) is 2.32. The van der Waals surface area contributed by atoms with Gasteiger partial charge in [0.15, 0.2) is 0 Å². The van der Waals surface area contributed by atoms with E-state index in [2.05, 4.69) is 24.0 Å². The molecule has 3 atom stereocenters. The first kappa shape index (κ1) is 7.93. The van der Waals surface area contributed by atoms with Gasteiger partial charge >= 0.3 is 0 Å². The molecule has 2 aliphatic heterocycles. The maximum atomic E-state index is 3.72. The fourth-order valence-electron chi connectivity index (χ4n) is 2.25. The van der Waals surface area contributed by atoms with Crippen molar-refractivity contribution in [3.8, 4) is 0 Å². The molecule has 0 amide bonds. The van der Waals surface area contributed by atoms with Crippen LogP contribution in [0.25, 0.3) is 0 Å². The molecule has 0 aliphatic carbocycles. The topological polar surface area (TPSA) is 12.0 Å². The summed E-state index contributed by atoms with van der Waals surface area (Å²) in [6, 6.07) is 1.70. The molecule has 3 unspecified atom stereocenters. The molecule has 11 heavy (non-hydrogen) atoms. The van der Waals surface area contributed by atoms with Crippen LogP contribution >= 0.6 is 11.8 Å². The van der Waals surface area contributed by atoms with Crippen molar-refractivity contribution in [3.63, 3.8) is 0 Å². The molecule has 0 aromatic rings. The van der Waals surface area contributed by atoms with Crippen LogP contribution in [0, 0.1) is 0 Å². The van der Waals surface area contributed by atoms with Crippen LogP contribution in [0.15, 0.2) is 0 Å². The van der Waals surface area contributed by atoms with E-state index in [0.29, 0.717) is 0 Å². The minimum Gasteiger partial charge on any atom is -0.310 e. The van der Waals surface area contributed by atoms with Gasteiger partial charge in [-0.15, -0.1) is 0 Å². The highest BCUT2D eigenvalue weighted by Crippen LogP contribution is 2.35. The summed E-state index contributed by atoms with van der Waals surface area (Å²) in [5, 5.41) is 4.72. The third-order valence-electron chi connectivity index (χ3n) is 2.74. The van der Waals surface area contributed by atoms with Crippen molar-refractivity contribution in [3.05, 3.63) is 0 Å². The number of hydrogen-bond donors (Lipinski definition) is 1. The van der Waals surface area contributed by atoms with E-state index in [-0.39, 0.29) is 0 Å². The summed E-state index contributed by atoms with van der Waals surface area (Å²) < 4.78 is 0. The predicted octanol–water partition coefficient (Wildman–Crippen LogP) is 2.02. The first-order chi connectivity index (χ1) is 5.38. The van der Waals surface area contributed by atoms with Crippen LogP contribution < -0.4 is 5.32 Å². The molecule has 0 radical (unpaired) electrons. The summed E-state index contributed by atoms with van der Waals surface area (Å²) >= 11 is 2.18. The average molecular weight is 171 g/mol. The van der Waals surface area contributed by atoms with Crippen molar-refractivity contribution >= 4 is 11.8 Å². The molecule has 64 valence electrons. The minimum absolute atomic E-state index is 0.846. The Morgan fingerprint density at radius 1 is 1.45 bits per heavy atom. The molecule has 2 bridgehead atoms. The maximum absolute atomic E-state index is 3.72. The molecule has 2 fully saturated rings. The van der Waals surface area contributed by atoms with Crippen LogP contribution in [0.4, 0.5) is 0 Å². The van der Waals surface area contributed by atoms with Crippen LogP contribution in [-0.2, 0) is 0 Å². The van der Waals surface area contributed by atoms with E-state index < -0.39 is 0 Å². The largest absolute Gasteiger partial charge is 0.310 e. The third kappa shape index (κ3) is 1.73. The highest BCUT2D eigenvalue weighted by atomic mass is 32.2. The van der Waals surface area contributed by atoms with E-state index in [0.717, 1.165) is 17.3 Å². The predicted molar refractivity (Wildman–Crippen MR) is 51.1 cm³/mol. The van der Waals surface area contributed by atoms with Gasteiger partial charge in [-0.25, -0.2) is 0 Å². The van der Waals surface area contributed by atoms with Gasteiger partial charge in [0.25, 0.3) is 0 Å². The number of rotatable bonds is 2. The number of hydrogen-bond acceptors (Lipinski definition) is 2. The molecule has 0 spiro atoms. The zero-order chi connectivity index (χ0) is 7.68. The smallest absolute Gasteiger partial charge is 0.0171 e. The Balaban J connectivity index is 1.87. The minimum atomic E-state index is 0.846. The fraction of sp³-hybridized carbons (Fsp3) is 1.00. The van der Waals surface area contributed by atoms with E-state index in [1.54, 1.807) is 0 Å². The number of piperidine rings is 1. The molecule has 2 saturated heterocycles. The summed E-state index contributed by atoms with van der Waals surface area (Å²) in [4.78, 5) is 0. The Kier molecular flexibility index (Phi) is 2.42. The van der Waals surface area contributed by atoms with Crippen LogP contribution in [0.1, 0.15) is 32.6 Å². The second-order valence-electron chi connectivity index (χ2n) is 3.78. The normalized spacial score (nSPS) is 42.8.